The fourth-order valence-corrected chi connectivity index (χ4v) is 3.55. The lowest BCUT2D eigenvalue weighted by atomic mass is 10.1. The largest absolute Gasteiger partial charge is 0.312 e. The van der Waals surface area contributed by atoms with Gasteiger partial charge in [0.1, 0.15) is 0 Å². The van der Waals surface area contributed by atoms with E-state index in [9.17, 15) is 4.21 Å². The van der Waals surface area contributed by atoms with E-state index >= 15 is 0 Å². The fraction of sp³-hybridized carbons (Fsp3) is 1.00. The summed E-state index contributed by atoms with van der Waals surface area (Å²) in [6, 6.07) is 1.14. The Bertz CT molecular complexity index is 204. The van der Waals surface area contributed by atoms with Gasteiger partial charge >= 0.3 is 0 Å². The minimum atomic E-state index is -0.774. The van der Waals surface area contributed by atoms with Crippen LogP contribution in [0.2, 0.25) is 0 Å². The van der Waals surface area contributed by atoms with Gasteiger partial charge in [-0.2, -0.15) is 0 Å². The van der Waals surface area contributed by atoms with E-state index in [1.165, 1.54) is 25.7 Å². The predicted octanol–water partition coefficient (Wildman–Crippen LogP) is 0.496. The quantitative estimate of drug-likeness (QED) is 0.707. The monoisotopic (exact) mass is 202 g/mol. The maximum atomic E-state index is 11.4. The van der Waals surface area contributed by atoms with Crippen molar-refractivity contribution in [2.24, 2.45) is 0 Å². The summed E-state index contributed by atoms with van der Waals surface area (Å²) in [6.45, 7) is 2.16. The van der Waals surface area contributed by atoms with Crippen LogP contribution < -0.4 is 5.32 Å². The van der Waals surface area contributed by atoms with Crippen LogP contribution in [-0.4, -0.2) is 39.9 Å². The van der Waals surface area contributed by atoms with Crippen molar-refractivity contribution < 1.29 is 4.21 Å². The fourth-order valence-electron chi connectivity index (χ4n) is 2.53. The first-order chi connectivity index (χ1) is 6.29. The van der Waals surface area contributed by atoms with E-state index in [2.05, 4.69) is 9.62 Å². The Morgan fingerprint density at radius 2 is 2.23 bits per heavy atom. The van der Waals surface area contributed by atoms with Gasteiger partial charge in [0.05, 0.1) is 11.0 Å². The summed E-state index contributed by atoms with van der Waals surface area (Å²) in [5, 5.41) is 3.51. The second-order valence-electron chi connectivity index (χ2n) is 3.98. The normalized spacial score (nSPS) is 38.2. The zero-order valence-corrected chi connectivity index (χ0v) is 8.98. The zero-order chi connectivity index (χ0) is 9.26. The molecule has 2 rings (SSSR count). The molecule has 2 saturated heterocycles. The minimum Gasteiger partial charge on any atom is -0.312 e. The molecule has 13 heavy (non-hydrogen) atoms. The molecule has 0 aliphatic carbocycles. The Morgan fingerprint density at radius 1 is 1.38 bits per heavy atom. The highest BCUT2D eigenvalue weighted by Gasteiger charge is 2.34. The summed E-state index contributed by atoms with van der Waals surface area (Å²) in [6.07, 6.45) is 6.77. The Morgan fingerprint density at radius 3 is 2.85 bits per heavy atom. The maximum Gasteiger partial charge on any atom is 0.0913 e. The molecule has 2 fully saturated rings. The average Bonchev–Trinajstić information content (AvgIpc) is 2.74. The van der Waals surface area contributed by atoms with Gasteiger partial charge in [0.2, 0.25) is 0 Å². The van der Waals surface area contributed by atoms with Gasteiger partial charge in [-0.1, -0.05) is 0 Å². The summed E-state index contributed by atoms with van der Waals surface area (Å²) in [5.74, 6) is 0. The van der Waals surface area contributed by atoms with Crippen molar-refractivity contribution >= 4 is 11.0 Å². The molecule has 1 N–H and O–H groups in total. The molecule has 4 heteroatoms. The number of nitrogens with one attached hydrogen (secondary N) is 1. The van der Waals surface area contributed by atoms with Crippen molar-refractivity contribution in [3.63, 3.8) is 0 Å². The van der Waals surface area contributed by atoms with Gasteiger partial charge in [-0.3, -0.25) is 0 Å². The van der Waals surface area contributed by atoms with Crippen LogP contribution >= 0.6 is 0 Å². The predicted molar refractivity (Wildman–Crippen MR) is 54.8 cm³/mol. The third-order valence-corrected chi connectivity index (χ3v) is 4.26. The smallest absolute Gasteiger partial charge is 0.0913 e. The molecule has 3 atom stereocenters. The second kappa shape index (κ2) is 4.07. The number of rotatable bonds is 2. The van der Waals surface area contributed by atoms with E-state index in [1.54, 1.807) is 6.26 Å². The Kier molecular flexibility index (Phi) is 3.01. The van der Waals surface area contributed by atoms with Crippen molar-refractivity contribution in [3.05, 3.63) is 0 Å². The molecule has 2 aliphatic rings. The number of hydrogen-bond donors (Lipinski definition) is 1. The lowest BCUT2D eigenvalue weighted by Crippen LogP contribution is -2.44. The van der Waals surface area contributed by atoms with Gasteiger partial charge in [-0.25, -0.2) is 8.51 Å². The Balaban J connectivity index is 2.00. The van der Waals surface area contributed by atoms with Crippen molar-refractivity contribution in [1.82, 2.24) is 9.62 Å². The van der Waals surface area contributed by atoms with Gasteiger partial charge in [0, 0.05) is 24.9 Å². The lowest BCUT2D eigenvalue weighted by Gasteiger charge is -2.26. The molecule has 2 heterocycles. The van der Waals surface area contributed by atoms with Crippen LogP contribution in [-0.2, 0) is 11.0 Å². The Hall–Kier alpha value is 0.0700. The summed E-state index contributed by atoms with van der Waals surface area (Å²) >= 11 is 0. The van der Waals surface area contributed by atoms with Crippen molar-refractivity contribution in [2.75, 3.05) is 19.3 Å². The van der Waals surface area contributed by atoms with E-state index in [1.807, 2.05) is 0 Å². The third kappa shape index (κ3) is 1.95. The van der Waals surface area contributed by atoms with Crippen LogP contribution in [0.15, 0.2) is 0 Å². The molecule has 0 saturated carbocycles. The van der Waals surface area contributed by atoms with E-state index in [0.717, 1.165) is 13.1 Å². The molecule has 0 amide bonds. The molecule has 3 unspecified atom stereocenters. The molecule has 0 bridgehead atoms. The standard InChI is InChI=1S/C9H18N2OS/c1-13(12)11-7-3-5-9(11)8-4-2-6-10-8/h8-10H,2-7H2,1H3. The highest BCUT2D eigenvalue weighted by atomic mass is 32.2. The molecular weight excluding hydrogens is 184 g/mol. The van der Waals surface area contributed by atoms with E-state index in [0.29, 0.717) is 12.1 Å². The van der Waals surface area contributed by atoms with Crippen molar-refractivity contribution in [3.8, 4) is 0 Å². The molecule has 0 spiro atoms. The maximum absolute atomic E-state index is 11.4. The first kappa shape index (κ1) is 9.62. The van der Waals surface area contributed by atoms with Gasteiger partial charge < -0.3 is 5.32 Å². The molecule has 76 valence electrons. The first-order valence-corrected chi connectivity index (χ1v) is 6.64. The topological polar surface area (TPSA) is 32.3 Å². The first-order valence-electron chi connectivity index (χ1n) is 5.12. The van der Waals surface area contributed by atoms with Crippen LogP contribution in [0.3, 0.4) is 0 Å². The molecule has 2 aliphatic heterocycles. The highest BCUT2D eigenvalue weighted by molar-refractivity contribution is 7.81. The van der Waals surface area contributed by atoms with Crippen LogP contribution in [0.25, 0.3) is 0 Å². The Labute approximate surface area is 82.5 Å². The third-order valence-electron chi connectivity index (χ3n) is 3.14. The average molecular weight is 202 g/mol. The van der Waals surface area contributed by atoms with Gasteiger partial charge in [-0.05, 0) is 32.2 Å². The number of hydrogen-bond acceptors (Lipinski definition) is 2. The van der Waals surface area contributed by atoms with Crippen LogP contribution in [0.5, 0.6) is 0 Å². The van der Waals surface area contributed by atoms with Crippen molar-refractivity contribution in [1.29, 1.82) is 0 Å². The van der Waals surface area contributed by atoms with Crippen LogP contribution in [0.4, 0.5) is 0 Å². The molecular formula is C9H18N2OS. The molecule has 0 aromatic heterocycles. The minimum absolute atomic E-state index is 0.535. The molecule has 0 aromatic rings. The highest BCUT2D eigenvalue weighted by Crippen LogP contribution is 2.25. The summed E-state index contributed by atoms with van der Waals surface area (Å²) in [4.78, 5) is 0. The molecule has 0 radical (unpaired) electrons. The van der Waals surface area contributed by atoms with Crippen LogP contribution in [0.1, 0.15) is 25.7 Å². The summed E-state index contributed by atoms with van der Waals surface area (Å²) in [7, 11) is -0.774. The summed E-state index contributed by atoms with van der Waals surface area (Å²) < 4.78 is 13.6. The van der Waals surface area contributed by atoms with E-state index in [-0.39, 0.29) is 0 Å². The summed E-state index contributed by atoms with van der Waals surface area (Å²) in [5.41, 5.74) is 0. The SMILES string of the molecule is CS(=O)N1CCCC1C1CCCN1. The molecule has 0 aromatic carbocycles. The second-order valence-corrected chi connectivity index (χ2v) is 5.29. The van der Waals surface area contributed by atoms with Gasteiger partial charge in [0.25, 0.3) is 0 Å². The number of nitrogens with zero attached hydrogens (tertiary/aromatic N) is 1. The van der Waals surface area contributed by atoms with Crippen molar-refractivity contribution in [2.45, 2.75) is 37.8 Å². The van der Waals surface area contributed by atoms with Gasteiger partial charge in [-0.15, -0.1) is 0 Å². The van der Waals surface area contributed by atoms with Gasteiger partial charge in [0.15, 0.2) is 0 Å². The lowest BCUT2D eigenvalue weighted by molar-refractivity contribution is 0.338. The van der Waals surface area contributed by atoms with E-state index < -0.39 is 11.0 Å². The van der Waals surface area contributed by atoms with Crippen LogP contribution in [0, 0.1) is 0 Å². The van der Waals surface area contributed by atoms with E-state index in [4.69, 9.17) is 0 Å². The zero-order valence-electron chi connectivity index (χ0n) is 8.16. The molecule has 3 nitrogen and oxygen atoms in total.